The zero-order chi connectivity index (χ0) is 21.9. The van der Waals surface area contributed by atoms with Crippen LogP contribution in [-0.2, 0) is 21.9 Å². The van der Waals surface area contributed by atoms with E-state index in [1.165, 1.54) is 11.8 Å². The zero-order valence-corrected chi connectivity index (χ0v) is 19.7. The average molecular weight is 467 g/mol. The Kier molecular flexibility index (Phi) is 10.6. The minimum absolute atomic E-state index is 0.106. The standard InChI is InChI=1S/C23H28Cl2N2O2S/c1-3-4-13-26-23(29)17(2)27(14-18-9-5-7-11-20(18)24)22(28)16-30-15-19-10-6-8-12-21(19)25/h5-12,17H,3-4,13-16H2,1-2H3,(H,26,29)/t17-/m1/s1. The second kappa shape index (κ2) is 12.9. The van der Waals surface area contributed by atoms with Crippen molar-refractivity contribution in [1.29, 1.82) is 0 Å². The van der Waals surface area contributed by atoms with Crippen LogP contribution in [0.1, 0.15) is 37.8 Å². The fourth-order valence-corrected chi connectivity index (χ4v) is 4.27. The molecule has 0 aliphatic heterocycles. The van der Waals surface area contributed by atoms with E-state index in [1.807, 2.05) is 42.5 Å². The van der Waals surface area contributed by atoms with Gasteiger partial charge in [0.05, 0.1) is 5.75 Å². The first kappa shape index (κ1) is 24.6. The van der Waals surface area contributed by atoms with E-state index in [-0.39, 0.29) is 24.1 Å². The van der Waals surface area contributed by atoms with Gasteiger partial charge in [0.15, 0.2) is 0 Å². The highest BCUT2D eigenvalue weighted by Crippen LogP contribution is 2.23. The number of nitrogens with zero attached hydrogens (tertiary/aromatic N) is 1. The monoisotopic (exact) mass is 466 g/mol. The Balaban J connectivity index is 2.07. The molecular weight excluding hydrogens is 439 g/mol. The number of thioether (sulfide) groups is 1. The Hall–Kier alpha value is -1.69. The lowest BCUT2D eigenvalue weighted by Gasteiger charge is -2.29. The molecule has 0 unspecified atom stereocenters. The van der Waals surface area contributed by atoms with E-state index < -0.39 is 6.04 Å². The number of halogens is 2. The van der Waals surface area contributed by atoms with E-state index in [0.29, 0.717) is 22.3 Å². The van der Waals surface area contributed by atoms with Gasteiger partial charge in [0.2, 0.25) is 11.8 Å². The van der Waals surface area contributed by atoms with Gasteiger partial charge < -0.3 is 10.2 Å². The predicted molar refractivity (Wildman–Crippen MR) is 127 cm³/mol. The van der Waals surface area contributed by atoms with Crippen molar-refractivity contribution in [3.8, 4) is 0 Å². The highest BCUT2D eigenvalue weighted by molar-refractivity contribution is 7.99. The van der Waals surface area contributed by atoms with Crippen LogP contribution in [-0.4, -0.2) is 35.1 Å². The summed E-state index contributed by atoms with van der Waals surface area (Å²) in [6.45, 7) is 4.72. The number of benzene rings is 2. The second-order valence-corrected chi connectivity index (χ2v) is 8.82. The number of carbonyl (C=O) groups excluding carboxylic acids is 2. The minimum Gasteiger partial charge on any atom is -0.354 e. The Morgan fingerprint density at radius 3 is 2.23 bits per heavy atom. The number of rotatable bonds is 11. The number of hydrogen-bond donors (Lipinski definition) is 1. The largest absolute Gasteiger partial charge is 0.354 e. The second-order valence-electron chi connectivity index (χ2n) is 7.02. The molecule has 0 spiro atoms. The highest BCUT2D eigenvalue weighted by Gasteiger charge is 2.26. The van der Waals surface area contributed by atoms with Gasteiger partial charge in [-0.25, -0.2) is 0 Å². The van der Waals surface area contributed by atoms with Gasteiger partial charge in [-0.05, 0) is 36.6 Å². The molecule has 30 heavy (non-hydrogen) atoms. The van der Waals surface area contributed by atoms with Crippen LogP contribution in [0.4, 0.5) is 0 Å². The van der Waals surface area contributed by atoms with Crippen LogP contribution >= 0.6 is 35.0 Å². The molecule has 4 nitrogen and oxygen atoms in total. The number of amides is 2. The normalized spacial score (nSPS) is 11.7. The van der Waals surface area contributed by atoms with Crippen molar-refractivity contribution in [3.63, 3.8) is 0 Å². The van der Waals surface area contributed by atoms with Crippen LogP contribution in [0.2, 0.25) is 10.0 Å². The zero-order valence-electron chi connectivity index (χ0n) is 17.4. The molecule has 2 amide bonds. The van der Waals surface area contributed by atoms with Crippen LogP contribution in [0.3, 0.4) is 0 Å². The first-order chi connectivity index (χ1) is 14.4. The molecule has 0 aromatic heterocycles. The fourth-order valence-electron chi connectivity index (χ4n) is 2.88. The molecule has 0 saturated heterocycles. The minimum atomic E-state index is -0.591. The predicted octanol–water partition coefficient (Wildman–Crippen LogP) is 5.56. The molecule has 0 saturated carbocycles. The van der Waals surface area contributed by atoms with Crippen molar-refractivity contribution in [2.45, 2.75) is 45.0 Å². The highest BCUT2D eigenvalue weighted by atomic mass is 35.5. The number of hydrogen-bond acceptors (Lipinski definition) is 3. The summed E-state index contributed by atoms with van der Waals surface area (Å²) in [4.78, 5) is 27.3. The molecule has 0 heterocycles. The van der Waals surface area contributed by atoms with Gasteiger partial charge in [0.25, 0.3) is 0 Å². The van der Waals surface area contributed by atoms with Crippen LogP contribution in [0.15, 0.2) is 48.5 Å². The number of nitrogens with one attached hydrogen (secondary N) is 1. The van der Waals surface area contributed by atoms with Crippen LogP contribution in [0.5, 0.6) is 0 Å². The lowest BCUT2D eigenvalue weighted by Crippen LogP contribution is -2.48. The lowest BCUT2D eigenvalue weighted by atomic mass is 10.1. The van der Waals surface area contributed by atoms with Crippen LogP contribution in [0.25, 0.3) is 0 Å². The molecule has 7 heteroatoms. The summed E-state index contributed by atoms with van der Waals surface area (Å²) in [6.07, 6.45) is 1.90. The van der Waals surface area contributed by atoms with Crippen molar-refractivity contribution < 1.29 is 9.59 Å². The molecule has 1 atom stereocenters. The van der Waals surface area contributed by atoms with Gasteiger partial charge in [-0.2, -0.15) is 0 Å². The molecular formula is C23H28Cl2N2O2S. The summed E-state index contributed by atoms with van der Waals surface area (Å²) >= 11 is 14.0. The number of unbranched alkanes of at least 4 members (excludes halogenated alkanes) is 1. The Morgan fingerprint density at radius 2 is 1.63 bits per heavy atom. The third-order valence-electron chi connectivity index (χ3n) is 4.74. The first-order valence-corrected chi connectivity index (χ1v) is 12.0. The van der Waals surface area contributed by atoms with E-state index in [2.05, 4.69) is 12.2 Å². The maximum atomic E-state index is 13.1. The molecule has 0 bridgehead atoms. The third kappa shape index (κ3) is 7.53. The average Bonchev–Trinajstić information content (AvgIpc) is 2.74. The maximum absolute atomic E-state index is 13.1. The summed E-state index contributed by atoms with van der Waals surface area (Å²) in [7, 11) is 0. The quantitative estimate of drug-likeness (QED) is 0.440. The van der Waals surface area contributed by atoms with Gasteiger partial charge in [-0.3, -0.25) is 9.59 Å². The molecule has 0 aliphatic rings. The van der Waals surface area contributed by atoms with Gasteiger partial charge in [-0.15, -0.1) is 11.8 Å². The molecule has 1 N–H and O–H groups in total. The van der Waals surface area contributed by atoms with E-state index in [1.54, 1.807) is 17.9 Å². The van der Waals surface area contributed by atoms with Gasteiger partial charge in [0, 0.05) is 28.9 Å². The topological polar surface area (TPSA) is 49.4 Å². The van der Waals surface area contributed by atoms with Gasteiger partial charge in [0.1, 0.15) is 6.04 Å². The Labute approximate surface area is 193 Å². The molecule has 0 aliphatic carbocycles. The smallest absolute Gasteiger partial charge is 0.242 e. The Morgan fingerprint density at radius 1 is 1.03 bits per heavy atom. The van der Waals surface area contributed by atoms with Crippen molar-refractivity contribution in [2.75, 3.05) is 12.3 Å². The number of carbonyl (C=O) groups is 2. The van der Waals surface area contributed by atoms with Gasteiger partial charge in [-0.1, -0.05) is 72.9 Å². The van der Waals surface area contributed by atoms with Crippen LogP contribution in [0, 0.1) is 0 Å². The fraction of sp³-hybridized carbons (Fsp3) is 0.391. The summed E-state index contributed by atoms with van der Waals surface area (Å²) in [5.74, 6) is 0.620. The van der Waals surface area contributed by atoms with E-state index >= 15 is 0 Å². The molecule has 0 fully saturated rings. The third-order valence-corrected chi connectivity index (χ3v) is 6.44. The summed E-state index contributed by atoms with van der Waals surface area (Å²) < 4.78 is 0. The lowest BCUT2D eigenvalue weighted by molar-refractivity contribution is -0.138. The maximum Gasteiger partial charge on any atom is 0.242 e. The molecule has 2 aromatic carbocycles. The summed E-state index contributed by atoms with van der Waals surface area (Å²) in [5.41, 5.74) is 1.80. The molecule has 2 rings (SSSR count). The van der Waals surface area contributed by atoms with E-state index in [4.69, 9.17) is 23.2 Å². The molecule has 162 valence electrons. The first-order valence-electron chi connectivity index (χ1n) is 10.1. The SMILES string of the molecule is CCCCNC(=O)[C@@H](C)N(Cc1ccccc1Cl)C(=O)CSCc1ccccc1Cl. The van der Waals surface area contributed by atoms with Crippen molar-refractivity contribution in [3.05, 3.63) is 69.7 Å². The summed E-state index contributed by atoms with van der Waals surface area (Å²) in [6, 6.07) is 14.4. The Bertz CT molecular complexity index is 847. The summed E-state index contributed by atoms with van der Waals surface area (Å²) in [5, 5.41) is 4.19. The van der Waals surface area contributed by atoms with E-state index in [0.717, 1.165) is 24.0 Å². The van der Waals surface area contributed by atoms with Crippen LogP contribution < -0.4 is 5.32 Å². The molecule has 2 aromatic rings. The van der Waals surface area contributed by atoms with Crippen molar-refractivity contribution in [2.24, 2.45) is 0 Å². The van der Waals surface area contributed by atoms with Gasteiger partial charge >= 0.3 is 0 Å². The van der Waals surface area contributed by atoms with Crippen molar-refractivity contribution >= 4 is 46.8 Å². The van der Waals surface area contributed by atoms with Crippen molar-refractivity contribution in [1.82, 2.24) is 10.2 Å². The van der Waals surface area contributed by atoms with E-state index in [9.17, 15) is 9.59 Å². The molecule has 0 radical (unpaired) electrons.